The molecule has 0 spiro atoms. The lowest BCUT2D eigenvalue weighted by atomic mass is 10.0. The minimum atomic E-state index is 0.749. The second-order valence-electron chi connectivity index (χ2n) is 18.1. The number of aromatic nitrogens is 8. The summed E-state index contributed by atoms with van der Waals surface area (Å²) in [5.74, 6) is 1.50. The third-order valence-corrected chi connectivity index (χ3v) is 13.9. The Labute approximate surface area is 425 Å². The van der Waals surface area contributed by atoms with E-state index in [-0.39, 0.29) is 0 Å². The van der Waals surface area contributed by atoms with Crippen LogP contribution in [0.25, 0.3) is 88.5 Å². The van der Waals surface area contributed by atoms with Crippen molar-refractivity contribution in [1.29, 1.82) is 0 Å². The molecule has 0 aliphatic heterocycles. The molecular formula is C64H42N10. The van der Waals surface area contributed by atoms with Gasteiger partial charge in [0.15, 0.2) is 0 Å². The number of benzene rings is 9. The van der Waals surface area contributed by atoms with E-state index in [9.17, 15) is 0 Å². The average molecular weight is 951 g/mol. The molecule has 0 saturated carbocycles. The van der Waals surface area contributed by atoms with Gasteiger partial charge in [-0.3, -0.25) is 9.80 Å². The molecule has 0 N–H and O–H groups in total. The van der Waals surface area contributed by atoms with Gasteiger partial charge in [-0.25, -0.2) is 29.9 Å². The SMILES string of the molecule is c1ccc2nc(-c3ccc(N(c4ccc(-n5c6ccccc6c6ccccc65)cc4)c4ccncn4)cc3)c(-c3ccc(N(c4ccc(-n5c6ccccc6c6ccccc65)cc4)c4ccncn4)cc3)nc2c1. The van der Waals surface area contributed by atoms with Crippen LogP contribution in [-0.2, 0) is 0 Å². The molecule has 0 radical (unpaired) electrons. The third kappa shape index (κ3) is 7.28. The summed E-state index contributed by atoms with van der Waals surface area (Å²) in [4.78, 5) is 32.8. The number of anilines is 6. The summed E-state index contributed by atoms with van der Waals surface area (Å²) < 4.78 is 4.66. The maximum Gasteiger partial charge on any atom is 0.140 e. The highest BCUT2D eigenvalue weighted by molar-refractivity contribution is 6.10. The quantitative estimate of drug-likeness (QED) is 0.134. The van der Waals surface area contributed by atoms with Crippen LogP contribution in [0.5, 0.6) is 0 Å². The van der Waals surface area contributed by atoms with Crippen LogP contribution in [0.3, 0.4) is 0 Å². The van der Waals surface area contributed by atoms with Gasteiger partial charge in [-0.1, -0.05) is 109 Å². The summed E-state index contributed by atoms with van der Waals surface area (Å²) in [7, 11) is 0. The van der Waals surface area contributed by atoms with Gasteiger partial charge in [0.2, 0.25) is 0 Å². The van der Waals surface area contributed by atoms with Gasteiger partial charge in [-0.15, -0.1) is 0 Å². The van der Waals surface area contributed by atoms with Crippen LogP contribution in [-0.4, -0.2) is 39.0 Å². The fourth-order valence-electron chi connectivity index (χ4n) is 10.5. The van der Waals surface area contributed by atoms with Crippen LogP contribution in [0.15, 0.2) is 256 Å². The van der Waals surface area contributed by atoms with Crippen molar-refractivity contribution in [3.63, 3.8) is 0 Å². The lowest BCUT2D eigenvalue weighted by Crippen LogP contribution is -2.12. The first-order valence-corrected chi connectivity index (χ1v) is 24.5. The minimum absolute atomic E-state index is 0.749. The van der Waals surface area contributed by atoms with Gasteiger partial charge in [-0.2, -0.15) is 0 Å². The molecule has 9 aromatic carbocycles. The number of nitrogens with zero attached hydrogens (tertiary/aromatic N) is 10. The van der Waals surface area contributed by atoms with E-state index in [1.165, 1.54) is 43.6 Å². The maximum atomic E-state index is 5.28. The molecule has 14 rings (SSSR count). The van der Waals surface area contributed by atoms with E-state index in [4.69, 9.17) is 19.9 Å². The van der Waals surface area contributed by atoms with Crippen molar-refractivity contribution in [3.05, 3.63) is 256 Å². The Kier molecular flexibility index (Phi) is 10.2. The van der Waals surface area contributed by atoms with Gasteiger partial charge in [-0.05, 0) is 121 Å². The molecule has 5 aromatic heterocycles. The zero-order valence-corrected chi connectivity index (χ0v) is 39.7. The van der Waals surface area contributed by atoms with Crippen LogP contribution in [0.2, 0.25) is 0 Å². The van der Waals surface area contributed by atoms with Crippen molar-refractivity contribution in [2.75, 3.05) is 9.80 Å². The molecule has 0 saturated heterocycles. The standard InChI is InChI=1S/C64H42N10/c1-7-17-57-51(11-1)52-12-2-8-18-58(52)73(57)49-33-29-47(30-34-49)71(61-37-39-65-41-67-61)45-25-21-43(22-26-45)63-64(70-56-16-6-5-15-55(56)69-63)44-23-27-46(28-24-44)72(62-38-40-66-42-68-62)48-31-35-50(36-32-48)74-59-19-9-3-13-53(59)54-14-4-10-20-60(54)74/h1-42H. The third-order valence-electron chi connectivity index (χ3n) is 13.9. The van der Waals surface area contributed by atoms with Crippen LogP contribution in [0, 0.1) is 0 Å². The van der Waals surface area contributed by atoms with E-state index in [0.717, 1.165) is 79.3 Å². The Morgan fingerprint density at radius 2 is 0.608 bits per heavy atom. The number of fused-ring (bicyclic) bond motifs is 7. The molecule has 348 valence electrons. The molecule has 0 aliphatic carbocycles. The fraction of sp³-hybridized carbons (Fsp3) is 0. The van der Waals surface area contributed by atoms with Crippen molar-refractivity contribution >= 4 is 89.0 Å². The Balaban J connectivity index is 0.812. The van der Waals surface area contributed by atoms with E-state index < -0.39 is 0 Å². The van der Waals surface area contributed by atoms with Crippen LogP contribution < -0.4 is 9.80 Å². The highest BCUT2D eigenvalue weighted by Crippen LogP contribution is 2.41. The monoisotopic (exact) mass is 950 g/mol. The molecule has 74 heavy (non-hydrogen) atoms. The zero-order valence-electron chi connectivity index (χ0n) is 39.7. The maximum absolute atomic E-state index is 5.28. The van der Waals surface area contributed by atoms with E-state index in [1.54, 1.807) is 25.0 Å². The molecular weight excluding hydrogens is 909 g/mol. The van der Waals surface area contributed by atoms with Crippen LogP contribution in [0.1, 0.15) is 0 Å². The van der Waals surface area contributed by atoms with Crippen molar-refractivity contribution in [2.24, 2.45) is 0 Å². The number of hydrogen-bond donors (Lipinski definition) is 0. The van der Waals surface area contributed by atoms with Gasteiger partial charge in [0.1, 0.15) is 24.3 Å². The van der Waals surface area contributed by atoms with Crippen molar-refractivity contribution in [1.82, 2.24) is 39.0 Å². The van der Waals surface area contributed by atoms with Crippen LogP contribution in [0.4, 0.5) is 34.4 Å². The number of hydrogen-bond acceptors (Lipinski definition) is 8. The summed E-state index contributed by atoms with van der Waals surface area (Å²) in [6, 6.07) is 80.4. The summed E-state index contributed by atoms with van der Waals surface area (Å²) in [5.41, 5.74) is 15.7. The summed E-state index contributed by atoms with van der Waals surface area (Å²) in [6.07, 6.45) is 6.72. The molecule has 0 atom stereocenters. The first-order valence-electron chi connectivity index (χ1n) is 24.5. The summed E-state index contributed by atoms with van der Waals surface area (Å²) in [5, 5.41) is 4.91. The van der Waals surface area contributed by atoms with E-state index in [0.29, 0.717) is 0 Å². The van der Waals surface area contributed by atoms with Crippen molar-refractivity contribution in [2.45, 2.75) is 0 Å². The van der Waals surface area contributed by atoms with Crippen molar-refractivity contribution < 1.29 is 0 Å². The highest BCUT2D eigenvalue weighted by Gasteiger charge is 2.21. The molecule has 5 heterocycles. The predicted octanol–water partition coefficient (Wildman–Crippen LogP) is 15.7. The molecule has 10 nitrogen and oxygen atoms in total. The second kappa shape index (κ2) is 17.8. The summed E-state index contributed by atoms with van der Waals surface area (Å²) >= 11 is 0. The average Bonchev–Trinajstić information content (AvgIpc) is 4.00. The number of para-hydroxylation sites is 6. The van der Waals surface area contributed by atoms with Gasteiger partial charge in [0, 0.05) is 79.2 Å². The predicted molar refractivity (Wildman–Crippen MR) is 300 cm³/mol. The minimum Gasteiger partial charge on any atom is -0.309 e. The normalized spacial score (nSPS) is 11.5. The van der Waals surface area contributed by atoms with E-state index in [2.05, 4.69) is 223 Å². The first kappa shape index (κ1) is 42.5. The molecule has 10 heteroatoms. The van der Waals surface area contributed by atoms with Gasteiger partial charge >= 0.3 is 0 Å². The Hall–Kier alpha value is -10.3. The topological polar surface area (TPSA) is 93.7 Å². The highest BCUT2D eigenvalue weighted by atomic mass is 15.2. The van der Waals surface area contributed by atoms with E-state index >= 15 is 0 Å². The smallest absolute Gasteiger partial charge is 0.140 e. The molecule has 0 fully saturated rings. The molecule has 14 aromatic rings. The van der Waals surface area contributed by atoms with Gasteiger partial charge < -0.3 is 9.13 Å². The van der Waals surface area contributed by atoms with Gasteiger partial charge in [0.25, 0.3) is 0 Å². The lowest BCUT2D eigenvalue weighted by Gasteiger charge is -2.25. The number of rotatable bonds is 10. The van der Waals surface area contributed by atoms with Crippen LogP contribution >= 0.6 is 0 Å². The van der Waals surface area contributed by atoms with Gasteiger partial charge in [0.05, 0.1) is 44.5 Å². The first-order chi connectivity index (χ1) is 36.7. The Morgan fingerprint density at radius 3 is 0.932 bits per heavy atom. The molecule has 0 unspecified atom stereocenters. The molecule has 0 aliphatic rings. The zero-order chi connectivity index (χ0) is 49.0. The van der Waals surface area contributed by atoms with E-state index in [1.807, 2.05) is 36.4 Å². The van der Waals surface area contributed by atoms with Crippen molar-refractivity contribution in [3.8, 4) is 33.9 Å². The Bertz CT molecular complexity index is 3960. The summed E-state index contributed by atoms with van der Waals surface area (Å²) in [6.45, 7) is 0. The fourth-order valence-corrected chi connectivity index (χ4v) is 10.5. The molecule has 0 amide bonds. The largest absolute Gasteiger partial charge is 0.309 e. The lowest BCUT2D eigenvalue weighted by molar-refractivity contribution is 1.11. The molecule has 0 bridgehead atoms. The second-order valence-corrected chi connectivity index (χ2v) is 18.1. The Morgan fingerprint density at radius 1 is 0.297 bits per heavy atom.